The number of nitrogens with zero attached hydrogens (tertiary/aromatic N) is 1. The van der Waals surface area contributed by atoms with Crippen molar-refractivity contribution in [3.05, 3.63) is 29.3 Å². The Labute approximate surface area is 108 Å². The fourth-order valence-electron chi connectivity index (χ4n) is 2.48. The number of carbonyl (C=O) groups is 1. The molecule has 1 aliphatic heterocycles. The molecule has 18 heavy (non-hydrogen) atoms. The topological polar surface area (TPSA) is 58.4 Å². The molecule has 0 spiro atoms. The number of amides is 1. The molecule has 4 nitrogen and oxygen atoms in total. The van der Waals surface area contributed by atoms with E-state index in [4.69, 9.17) is 5.84 Å². The van der Waals surface area contributed by atoms with Crippen LogP contribution in [0.3, 0.4) is 0 Å². The predicted molar refractivity (Wildman–Crippen MR) is 73.3 cm³/mol. The zero-order valence-corrected chi connectivity index (χ0v) is 11.1. The molecule has 1 aliphatic rings. The van der Waals surface area contributed by atoms with Crippen molar-refractivity contribution in [3.8, 4) is 0 Å². The van der Waals surface area contributed by atoms with Gasteiger partial charge in [-0.05, 0) is 31.4 Å². The van der Waals surface area contributed by atoms with Crippen LogP contribution in [0.4, 0.5) is 5.69 Å². The number of hydrogen-bond acceptors (Lipinski definition) is 3. The summed E-state index contributed by atoms with van der Waals surface area (Å²) in [5.41, 5.74) is 5.05. The normalized spacial score (nSPS) is 19.1. The SMILES string of the molecule is CCC1CCN(C(=O)c2cc(C)ccc2NN)C1. The first-order valence-electron chi connectivity index (χ1n) is 6.52. The Morgan fingerprint density at radius 2 is 2.33 bits per heavy atom. The number of nitrogens with two attached hydrogens (primary N) is 1. The van der Waals surface area contributed by atoms with Gasteiger partial charge in [-0.15, -0.1) is 0 Å². The Bertz CT molecular complexity index is 445. The van der Waals surface area contributed by atoms with E-state index in [1.165, 1.54) is 0 Å². The molecule has 1 aromatic carbocycles. The summed E-state index contributed by atoms with van der Waals surface area (Å²) in [5, 5.41) is 0. The number of anilines is 1. The maximum atomic E-state index is 12.5. The molecule has 1 saturated heterocycles. The highest BCUT2D eigenvalue weighted by atomic mass is 16.2. The Morgan fingerprint density at radius 3 is 2.94 bits per heavy atom. The molecule has 1 atom stereocenters. The van der Waals surface area contributed by atoms with Gasteiger partial charge in [-0.2, -0.15) is 0 Å². The Morgan fingerprint density at radius 1 is 1.56 bits per heavy atom. The third-order valence-corrected chi connectivity index (χ3v) is 3.71. The van der Waals surface area contributed by atoms with E-state index in [9.17, 15) is 4.79 Å². The quantitative estimate of drug-likeness (QED) is 0.635. The zero-order valence-electron chi connectivity index (χ0n) is 11.1. The number of carbonyl (C=O) groups excluding carboxylic acids is 1. The largest absolute Gasteiger partial charge is 0.338 e. The molecule has 0 bridgehead atoms. The van der Waals surface area contributed by atoms with Crippen LogP contribution in [-0.4, -0.2) is 23.9 Å². The van der Waals surface area contributed by atoms with E-state index in [2.05, 4.69) is 12.3 Å². The predicted octanol–water partition coefficient (Wildman–Crippen LogP) is 2.15. The van der Waals surface area contributed by atoms with Crippen LogP contribution in [0.1, 0.15) is 35.7 Å². The fraction of sp³-hybridized carbons (Fsp3) is 0.500. The van der Waals surface area contributed by atoms with Crippen molar-refractivity contribution in [2.45, 2.75) is 26.7 Å². The fourth-order valence-corrected chi connectivity index (χ4v) is 2.48. The van der Waals surface area contributed by atoms with Crippen LogP contribution in [0.2, 0.25) is 0 Å². The molecule has 1 aromatic rings. The number of hydrazine groups is 1. The van der Waals surface area contributed by atoms with Crippen molar-refractivity contribution in [1.29, 1.82) is 0 Å². The van der Waals surface area contributed by atoms with Crippen LogP contribution < -0.4 is 11.3 Å². The smallest absolute Gasteiger partial charge is 0.256 e. The van der Waals surface area contributed by atoms with Gasteiger partial charge in [0.1, 0.15) is 0 Å². The molecule has 1 unspecified atom stereocenters. The number of nitrogen functional groups attached to an aromatic ring is 1. The lowest BCUT2D eigenvalue weighted by atomic mass is 10.1. The van der Waals surface area contributed by atoms with Crippen molar-refractivity contribution in [2.24, 2.45) is 11.8 Å². The molecule has 1 fully saturated rings. The lowest BCUT2D eigenvalue weighted by Gasteiger charge is -2.18. The number of hydrogen-bond donors (Lipinski definition) is 2. The summed E-state index contributed by atoms with van der Waals surface area (Å²) in [6.07, 6.45) is 2.25. The van der Waals surface area contributed by atoms with Crippen molar-refractivity contribution < 1.29 is 4.79 Å². The maximum absolute atomic E-state index is 12.5. The second-order valence-corrected chi connectivity index (χ2v) is 5.01. The second kappa shape index (κ2) is 5.40. The molecule has 2 rings (SSSR count). The molecule has 1 heterocycles. The molecular weight excluding hydrogens is 226 g/mol. The number of aryl methyl sites for hydroxylation is 1. The highest BCUT2D eigenvalue weighted by molar-refractivity contribution is 5.99. The van der Waals surface area contributed by atoms with Gasteiger partial charge in [0.25, 0.3) is 5.91 Å². The highest BCUT2D eigenvalue weighted by Crippen LogP contribution is 2.24. The van der Waals surface area contributed by atoms with Crippen molar-refractivity contribution in [1.82, 2.24) is 4.90 Å². The van der Waals surface area contributed by atoms with Gasteiger partial charge in [0, 0.05) is 13.1 Å². The van der Waals surface area contributed by atoms with Crippen molar-refractivity contribution >= 4 is 11.6 Å². The molecule has 0 aromatic heterocycles. The highest BCUT2D eigenvalue weighted by Gasteiger charge is 2.27. The van der Waals surface area contributed by atoms with E-state index in [-0.39, 0.29) is 5.91 Å². The van der Waals surface area contributed by atoms with Crippen LogP contribution >= 0.6 is 0 Å². The van der Waals surface area contributed by atoms with Crippen molar-refractivity contribution in [3.63, 3.8) is 0 Å². The van der Waals surface area contributed by atoms with Crippen LogP contribution in [0.25, 0.3) is 0 Å². The molecule has 3 N–H and O–H groups in total. The number of nitrogens with one attached hydrogen (secondary N) is 1. The van der Waals surface area contributed by atoms with E-state index in [1.54, 1.807) is 0 Å². The molecule has 1 amide bonds. The lowest BCUT2D eigenvalue weighted by molar-refractivity contribution is 0.0787. The molecule has 0 radical (unpaired) electrons. The summed E-state index contributed by atoms with van der Waals surface area (Å²) in [4.78, 5) is 14.4. The van der Waals surface area contributed by atoms with Gasteiger partial charge >= 0.3 is 0 Å². The number of likely N-dealkylation sites (tertiary alicyclic amines) is 1. The van der Waals surface area contributed by atoms with E-state index < -0.39 is 0 Å². The Hall–Kier alpha value is -1.55. The zero-order chi connectivity index (χ0) is 13.1. The monoisotopic (exact) mass is 247 g/mol. The summed E-state index contributed by atoms with van der Waals surface area (Å²) < 4.78 is 0. The third kappa shape index (κ3) is 2.48. The first kappa shape index (κ1) is 12.9. The van der Waals surface area contributed by atoms with Gasteiger partial charge in [0.05, 0.1) is 11.3 Å². The molecule has 4 heteroatoms. The van der Waals surface area contributed by atoms with Gasteiger partial charge in [0.15, 0.2) is 0 Å². The van der Waals surface area contributed by atoms with Crippen molar-refractivity contribution in [2.75, 3.05) is 18.5 Å². The summed E-state index contributed by atoms with van der Waals surface area (Å²) in [5.74, 6) is 6.20. The second-order valence-electron chi connectivity index (χ2n) is 5.01. The standard InChI is InChI=1S/C14H21N3O/c1-3-11-6-7-17(9-11)14(18)12-8-10(2)4-5-13(12)16-15/h4-5,8,11,16H,3,6-7,9,15H2,1-2H3. The average molecular weight is 247 g/mol. The number of rotatable bonds is 3. The Balaban J connectivity index is 2.21. The van der Waals surface area contributed by atoms with E-state index in [0.29, 0.717) is 17.2 Å². The van der Waals surface area contributed by atoms with Gasteiger partial charge in [-0.1, -0.05) is 25.0 Å². The summed E-state index contributed by atoms with van der Waals surface area (Å²) in [7, 11) is 0. The van der Waals surface area contributed by atoms with Crippen LogP contribution in [0.15, 0.2) is 18.2 Å². The van der Waals surface area contributed by atoms with Gasteiger partial charge < -0.3 is 10.3 Å². The average Bonchev–Trinajstić information content (AvgIpc) is 2.86. The first-order chi connectivity index (χ1) is 8.65. The minimum absolute atomic E-state index is 0.0857. The summed E-state index contributed by atoms with van der Waals surface area (Å²) >= 11 is 0. The van der Waals surface area contributed by atoms with E-state index in [1.807, 2.05) is 30.0 Å². The lowest BCUT2D eigenvalue weighted by Crippen LogP contribution is -2.29. The van der Waals surface area contributed by atoms with E-state index in [0.717, 1.165) is 31.5 Å². The maximum Gasteiger partial charge on any atom is 0.256 e. The minimum atomic E-state index is 0.0857. The molecular formula is C14H21N3O. The molecule has 0 saturated carbocycles. The minimum Gasteiger partial charge on any atom is -0.338 e. The summed E-state index contributed by atoms with van der Waals surface area (Å²) in [6, 6.07) is 5.71. The first-order valence-corrected chi connectivity index (χ1v) is 6.52. The third-order valence-electron chi connectivity index (χ3n) is 3.71. The van der Waals surface area contributed by atoms with Gasteiger partial charge in [-0.25, -0.2) is 0 Å². The molecule has 98 valence electrons. The Kier molecular flexibility index (Phi) is 3.87. The number of benzene rings is 1. The van der Waals surface area contributed by atoms with Gasteiger partial charge in [0.2, 0.25) is 0 Å². The van der Waals surface area contributed by atoms with E-state index >= 15 is 0 Å². The van der Waals surface area contributed by atoms with Crippen LogP contribution in [0.5, 0.6) is 0 Å². The van der Waals surface area contributed by atoms with Crippen LogP contribution in [-0.2, 0) is 0 Å². The molecule has 0 aliphatic carbocycles. The van der Waals surface area contributed by atoms with Crippen LogP contribution in [0, 0.1) is 12.8 Å². The summed E-state index contributed by atoms with van der Waals surface area (Å²) in [6.45, 7) is 5.89. The van der Waals surface area contributed by atoms with Gasteiger partial charge in [-0.3, -0.25) is 10.6 Å².